The first kappa shape index (κ1) is 18.5. The zero-order valence-corrected chi connectivity index (χ0v) is 14.1. The van der Waals surface area contributed by atoms with Crippen LogP contribution >= 0.6 is 23.7 Å². The van der Waals surface area contributed by atoms with Crippen LogP contribution < -0.4 is 10.6 Å². The highest BCUT2D eigenvalue weighted by Crippen LogP contribution is 2.30. The largest absolute Gasteiger partial charge is 0.320 e. The molecule has 0 aliphatic heterocycles. The summed E-state index contributed by atoms with van der Waals surface area (Å²) in [7, 11) is 1.86. The second-order valence-corrected chi connectivity index (χ2v) is 5.89. The van der Waals surface area contributed by atoms with E-state index in [1.807, 2.05) is 14.0 Å². The van der Waals surface area contributed by atoms with Crippen molar-refractivity contribution < 1.29 is 9.18 Å². The Morgan fingerprint density at radius 3 is 2.64 bits per heavy atom. The van der Waals surface area contributed by atoms with Gasteiger partial charge < -0.3 is 10.6 Å². The normalized spacial score (nSPS) is 10.1. The molecular formula is C15H19ClFN3OS. The van der Waals surface area contributed by atoms with E-state index >= 15 is 0 Å². The van der Waals surface area contributed by atoms with Gasteiger partial charge >= 0.3 is 0 Å². The number of aryl methyl sites for hydroxylation is 1. The highest BCUT2D eigenvalue weighted by Gasteiger charge is 2.12. The fourth-order valence-electron chi connectivity index (χ4n) is 1.93. The zero-order chi connectivity index (χ0) is 15.2. The van der Waals surface area contributed by atoms with Gasteiger partial charge in [-0.3, -0.25) is 4.79 Å². The molecule has 4 nitrogen and oxygen atoms in total. The second kappa shape index (κ2) is 8.82. The minimum absolute atomic E-state index is 0. The molecule has 0 aliphatic rings. The van der Waals surface area contributed by atoms with E-state index in [2.05, 4.69) is 15.6 Å². The maximum Gasteiger partial charge on any atom is 0.226 e. The Balaban J connectivity index is 0.00000242. The number of hydrogen-bond acceptors (Lipinski definition) is 4. The van der Waals surface area contributed by atoms with Gasteiger partial charge in [0.1, 0.15) is 5.82 Å². The van der Waals surface area contributed by atoms with E-state index in [0.29, 0.717) is 11.6 Å². The minimum Gasteiger partial charge on any atom is -0.320 e. The van der Waals surface area contributed by atoms with Gasteiger partial charge in [-0.1, -0.05) is 0 Å². The smallest absolute Gasteiger partial charge is 0.226 e. The molecule has 120 valence electrons. The predicted octanol–water partition coefficient (Wildman–Crippen LogP) is 3.62. The average molecular weight is 344 g/mol. The predicted molar refractivity (Wildman–Crippen MR) is 91.3 cm³/mol. The molecule has 0 saturated heterocycles. The van der Waals surface area contributed by atoms with Crippen molar-refractivity contribution in [3.63, 3.8) is 0 Å². The van der Waals surface area contributed by atoms with Gasteiger partial charge in [-0.05, 0) is 51.2 Å². The number of carbonyl (C=O) groups excluding carboxylic acids is 1. The lowest BCUT2D eigenvalue weighted by atomic mass is 10.1. The number of nitrogens with one attached hydrogen (secondary N) is 2. The monoisotopic (exact) mass is 343 g/mol. The van der Waals surface area contributed by atoms with Crippen molar-refractivity contribution in [2.45, 2.75) is 19.8 Å². The summed E-state index contributed by atoms with van der Waals surface area (Å²) in [6, 6.07) is 6.19. The van der Waals surface area contributed by atoms with Gasteiger partial charge in [0.2, 0.25) is 5.91 Å². The molecular weight excluding hydrogens is 325 g/mol. The molecule has 2 N–H and O–H groups in total. The van der Waals surface area contributed by atoms with Crippen LogP contribution in [0.2, 0.25) is 0 Å². The maximum atomic E-state index is 12.9. The molecule has 1 amide bonds. The van der Waals surface area contributed by atoms with Crippen molar-refractivity contribution in [1.29, 1.82) is 0 Å². The Morgan fingerprint density at radius 1 is 1.32 bits per heavy atom. The highest BCUT2D eigenvalue weighted by atomic mass is 35.5. The van der Waals surface area contributed by atoms with E-state index in [1.165, 1.54) is 23.5 Å². The third kappa shape index (κ3) is 5.05. The Bertz CT molecular complexity index is 616. The van der Waals surface area contributed by atoms with Crippen LogP contribution in [0.3, 0.4) is 0 Å². The van der Waals surface area contributed by atoms with Crippen LogP contribution in [0.4, 0.5) is 9.52 Å². The summed E-state index contributed by atoms with van der Waals surface area (Å²) in [5, 5.41) is 6.40. The molecule has 22 heavy (non-hydrogen) atoms. The summed E-state index contributed by atoms with van der Waals surface area (Å²) in [6.07, 6.45) is 1.25. The van der Waals surface area contributed by atoms with Crippen LogP contribution in [0.5, 0.6) is 0 Å². The molecule has 7 heteroatoms. The summed E-state index contributed by atoms with van der Waals surface area (Å²) in [5.41, 5.74) is 1.63. The van der Waals surface area contributed by atoms with E-state index in [1.54, 1.807) is 12.1 Å². The van der Waals surface area contributed by atoms with Crippen LogP contribution in [0.15, 0.2) is 24.3 Å². The van der Waals surface area contributed by atoms with Crippen molar-refractivity contribution in [2.75, 3.05) is 18.9 Å². The quantitative estimate of drug-likeness (QED) is 0.788. The van der Waals surface area contributed by atoms with E-state index in [4.69, 9.17) is 0 Å². The zero-order valence-electron chi connectivity index (χ0n) is 12.5. The summed E-state index contributed by atoms with van der Waals surface area (Å²) in [5.74, 6) is -0.311. The van der Waals surface area contributed by atoms with Crippen LogP contribution in [0.1, 0.15) is 17.7 Å². The number of rotatable bonds is 6. The first-order chi connectivity index (χ1) is 10.1. The number of nitrogens with zero attached hydrogens (tertiary/aromatic N) is 1. The van der Waals surface area contributed by atoms with Crippen LogP contribution in [-0.2, 0) is 4.79 Å². The topological polar surface area (TPSA) is 54.0 Å². The summed E-state index contributed by atoms with van der Waals surface area (Å²) < 4.78 is 12.9. The number of thiazole rings is 1. The van der Waals surface area contributed by atoms with E-state index in [0.717, 1.165) is 29.1 Å². The number of hydrogen-bond donors (Lipinski definition) is 2. The summed E-state index contributed by atoms with van der Waals surface area (Å²) >= 11 is 1.43. The number of carbonyl (C=O) groups is 1. The Labute approximate surface area is 139 Å². The first-order valence-corrected chi connectivity index (χ1v) is 7.59. The Kier molecular flexibility index (Phi) is 7.44. The van der Waals surface area contributed by atoms with Crippen LogP contribution in [0, 0.1) is 12.7 Å². The molecule has 1 heterocycles. The van der Waals surface area contributed by atoms with Crippen molar-refractivity contribution in [2.24, 2.45) is 0 Å². The average Bonchev–Trinajstić information content (AvgIpc) is 2.80. The molecule has 1 aromatic carbocycles. The molecule has 0 bridgehead atoms. The molecule has 0 saturated carbocycles. The molecule has 0 aliphatic carbocycles. The van der Waals surface area contributed by atoms with Gasteiger partial charge in [-0.25, -0.2) is 9.37 Å². The van der Waals surface area contributed by atoms with Gasteiger partial charge in [-0.2, -0.15) is 0 Å². The number of anilines is 1. The Morgan fingerprint density at radius 2 is 2.00 bits per heavy atom. The number of halogens is 2. The fraction of sp³-hybridized carbons (Fsp3) is 0.333. The van der Waals surface area contributed by atoms with Crippen LogP contribution in [0.25, 0.3) is 11.3 Å². The van der Waals surface area contributed by atoms with E-state index in [-0.39, 0.29) is 24.1 Å². The van der Waals surface area contributed by atoms with Crippen molar-refractivity contribution >= 4 is 34.8 Å². The lowest BCUT2D eigenvalue weighted by molar-refractivity contribution is -0.116. The summed E-state index contributed by atoms with van der Waals surface area (Å²) in [4.78, 5) is 17.2. The van der Waals surface area contributed by atoms with Crippen molar-refractivity contribution in [3.8, 4) is 11.3 Å². The SMILES string of the molecule is CNCCCC(=O)Nc1nc(-c2ccc(F)cc2)c(C)s1.Cl. The van der Waals surface area contributed by atoms with Gasteiger partial charge in [0.25, 0.3) is 0 Å². The molecule has 0 fully saturated rings. The van der Waals surface area contributed by atoms with E-state index in [9.17, 15) is 9.18 Å². The number of amides is 1. The third-order valence-electron chi connectivity index (χ3n) is 2.99. The molecule has 0 spiro atoms. The molecule has 1 aromatic heterocycles. The molecule has 2 rings (SSSR count). The van der Waals surface area contributed by atoms with Crippen LogP contribution in [-0.4, -0.2) is 24.5 Å². The molecule has 0 unspecified atom stereocenters. The Hall–Kier alpha value is -1.50. The molecule has 2 aromatic rings. The van der Waals surface area contributed by atoms with Gasteiger partial charge in [0.05, 0.1) is 5.69 Å². The highest BCUT2D eigenvalue weighted by molar-refractivity contribution is 7.16. The maximum absolute atomic E-state index is 12.9. The van der Waals surface area contributed by atoms with Crippen molar-refractivity contribution in [3.05, 3.63) is 35.0 Å². The minimum atomic E-state index is -0.273. The number of aromatic nitrogens is 1. The van der Waals surface area contributed by atoms with E-state index < -0.39 is 0 Å². The first-order valence-electron chi connectivity index (χ1n) is 6.78. The third-order valence-corrected chi connectivity index (χ3v) is 3.88. The van der Waals surface area contributed by atoms with Gasteiger partial charge in [-0.15, -0.1) is 23.7 Å². The summed E-state index contributed by atoms with van der Waals surface area (Å²) in [6.45, 7) is 2.75. The fourth-order valence-corrected chi connectivity index (χ4v) is 2.78. The lowest BCUT2D eigenvalue weighted by Gasteiger charge is -2.01. The standard InChI is InChI=1S/C15H18FN3OS.ClH/c1-10-14(11-5-7-12(16)8-6-11)19-15(21-10)18-13(20)4-3-9-17-2;/h5-8,17H,3-4,9H2,1-2H3,(H,18,19,20);1H. The van der Waals surface area contributed by atoms with Gasteiger partial charge in [0.15, 0.2) is 5.13 Å². The molecule has 0 atom stereocenters. The van der Waals surface area contributed by atoms with Gasteiger partial charge in [0, 0.05) is 16.9 Å². The van der Waals surface area contributed by atoms with Crippen molar-refractivity contribution in [1.82, 2.24) is 10.3 Å². The number of benzene rings is 1. The molecule has 0 radical (unpaired) electrons. The lowest BCUT2D eigenvalue weighted by Crippen LogP contribution is -2.15. The second-order valence-electron chi connectivity index (χ2n) is 4.69.